The summed E-state index contributed by atoms with van der Waals surface area (Å²) < 4.78 is 29.9. The number of rotatable bonds is 4. The van der Waals surface area contributed by atoms with Gasteiger partial charge in [0.1, 0.15) is 5.60 Å². The Morgan fingerprint density at radius 2 is 0.659 bits per heavy atom. The molecular weight excluding hydrogens is 1420 g/mol. The lowest BCUT2D eigenvalue weighted by atomic mass is 9.72. The Hall–Kier alpha value is -4.60. The minimum Gasteiger partial charge on any atom is -0.399 e. The molecule has 1 unspecified atom stereocenters. The molecule has 1 atom stereocenters. The molecule has 0 amide bonds. The zero-order valence-electron chi connectivity index (χ0n) is 47.4. The molecule has 15 rings (SSSR count). The van der Waals surface area contributed by atoms with Crippen LogP contribution in [0.4, 0.5) is 0 Å². The van der Waals surface area contributed by atoms with E-state index in [1.54, 1.807) is 0 Å². The van der Waals surface area contributed by atoms with Gasteiger partial charge in [0, 0.05) is 39.0 Å². The van der Waals surface area contributed by atoms with Crippen LogP contribution in [-0.2, 0) is 18.6 Å². The average molecular weight is 1480 g/mol. The van der Waals surface area contributed by atoms with Gasteiger partial charge in [0.05, 0.1) is 18.1 Å². The van der Waals surface area contributed by atoms with Crippen LogP contribution >= 0.6 is 105 Å². The Labute approximate surface area is 553 Å². The number of hydrogen-bond acceptors (Lipinski definition) is 4. The Morgan fingerprint density at radius 3 is 1.01 bits per heavy atom. The number of hydrogen-bond donors (Lipinski definition) is 0. The van der Waals surface area contributed by atoms with E-state index in [-0.39, 0.29) is 15.8 Å². The maximum atomic E-state index is 6.47. The van der Waals surface area contributed by atoms with Crippen molar-refractivity contribution in [1.82, 2.24) is 0 Å². The Kier molecular flexibility index (Phi) is 16.8. The quantitative estimate of drug-likeness (QED) is 0.0439. The second-order valence-corrected chi connectivity index (χ2v) is 28.4. The molecule has 2 saturated heterocycles. The maximum Gasteiger partial charge on any atom is 0.498 e. The number of fused-ring (bicyclic) bond motifs is 4. The molecule has 0 bridgehead atoms. The van der Waals surface area contributed by atoms with Crippen LogP contribution in [0.5, 0.6) is 0 Å². The average Bonchev–Trinajstić information content (AvgIpc) is 0.961. The van der Waals surface area contributed by atoms with Gasteiger partial charge in [-0.3, -0.25) is 0 Å². The van der Waals surface area contributed by atoms with Gasteiger partial charge >= 0.3 is 14.2 Å². The van der Waals surface area contributed by atoms with Crippen molar-refractivity contribution in [2.45, 2.75) is 70.9 Å². The van der Waals surface area contributed by atoms with Gasteiger partial charge in [0.2, 0.25) is 5.60 Å². The first kappa shape index (κ1) is 62.0. The van der Waals surface area contributed by atoms with Crippen LogP contribution < -0.4 is 10.9 Å². The van der Waals surface area contributed by atoms with E-state index in [1.165, 1.54) is 95.5 Å². The first-order valence-corrected chi connectivity index (χ1v) is 31.9. The van der Waals surface area contributed by atoms with Gasteiger partial charge in [0.25, 0.3) is 0 Å². The molecule has 0 spiro atoms. The molecule has 0 N–H and O–H groups in total. The molecule has 0 radical (unpaired) electrons. The molecule has 4 nitrogen and oxygen atoms in total. The lowest BCUT2D eigenvalue weighted by Crippen LogP contribution is -2.42. The minimum absolute atomic E-state index is 0. The molecule has 2 fully saturated rings. The van der Waals surface area contributed by atoms with Gasteiger partial charge in [0.15, 0.2) is 0 Å². The molecule has 2 heterocycles. The van der Waals surface area contributed by atoms with Crippen LogP contribution in [0.25, 0.3) is 108 Å². The summed E-state index contributed by atoms with van der Waals surface area (Å²) in [7, 11) is -0.888. The standard InChI is InChI=1S/C32H33B2O4.C32H16Br2Cl2.C6H3BrClI.CH3.BH4/c1-29(2)30(3,4)36-33(35-29)25-17-15-21-20-12-10-14-24-26(34-37-31(5,6)32(7,8)38-34)18-16-22(28(20)24)19-11-9-13-23(25)27(19)21;33-29-15-17(35)7-9-21(29)19-11-14-28-26-6-2-4-24-20(22-10-8-18(36)16-30(22)34)12-13-27(32(24)26)25-5-1-3-23(19)31(25)28;7-5-3-4(8)1-2-6(5)9;;/h9-18H,1H2,2-8H3;1-16H;1-3H;1H3;1H4/q+1;;;2*-1. The third kappa shape index (κ3) is 10.5. The van der Waals surface area contributed by atoms with Crippen molar-refractivity contribution in [2.75, 3.05) is 0 Å². The van der Waals surface area contributed by atoms with Gasteiger partial charge in [-0.1, -0.05) is 209 Å². The van der Waals surface area contributed by atoms with Crippen molar-refractivity contribution in [2.24, 2.45) is 0 Å². The van der Waals surface area contributed by atoms with Gasteiger partial charge < -0.3 is 26.0 Å². The fourth-order valence-corrected chi connectivity index (χ4v) is 14.9. The fraction of sp³-hybridized carbons (Fsp3) is 0.155. The number of halogens is 7. The van der Waals surface area contributed by atoms with Crippen LogP contribution in [0, 0.1) is 17.9 Å². The van der Waals surface area contributed by atoms with E-state index in [0.717, 1.165) is 55.9 Å². The molecule has 0 aromatic heterocycles. The molecule has 0 saturated carbocycles. The van der Waals surface area contributed by atoms with Crippen molar-refractivity contribution in [1.29, 1.82) is 0 Å². The summed E-state index contributed by atoms with van der Waals surface area (Å²) in [6.45, 7) is 18.8. The van der Waals surface area contributed by atoms with Gasteiger partial charge in [-0.25, -0.2) is 0 Å². The van der Waals surface area contributed by atoms with E-state index in [9.17, 15) is 0 Å². The molecule has 13 aromatic rings. The summed E-state index contributed by atoms with van der Waals surface area (Å²) in [5.41, 5.74) is 4.83. The second kappa shape index (κ2) is 23.1. The lowest BCUT2D eigenvalue weighted by Gasteiger charge is -2.32. The van der Waals surface area contributed by atoms with E-state index >= 15 is 0 Å². The molecule has 14 heteroatoms. The highest BCUT2D eigenvalue weighted by atomic mass is 127. The Bertz CT molecular complexity index is 4440. The van der Waals surface area contributed by atoms with Crippen LogP contribution in [0.1, 0.15) is 48.5 Å². The van der Waals surface area contributed by atoms with Crippen molar-refractivity contribution in [3.63, 3.8) is 0 Å². The summed E-state index contributed by atoms with van der Waals surface area (Å²) in [6.07, 6.45) is 0. The van der Waals surface area contributed by atoms with Crippen LogP contribution in [0.3, 0.4) is 0 Å². The Balaban J connectivity index is 0.000000151. The Morgan fingerprint density at radius 1 is 0.365 bits per heavy atom. The third-order valence-corrected chi connectivity index (χ3v) is 21.9. The smallest absolute Gasteiger partial charge is 0.399 e. The van der Waals surface area contributed by atoms with E-state index in [2.05, 4.69) is 238 Å². The predicted octanol–water partition coefficient (Wildman–Crippen LogP) is 20.8. The monoisotopic (exact) mass is 1480 g/mol. The molecule has 2 aliphatic rings. The number of benzene rings is 13. The zero-order chi connectivity index (χ0) is 58.2. The summed E-state index contributed by atoms with van der Waals surface area (Å²) in [5, 5.41) is 22.0. The van der Waals surface area contributed by atoms with E-state index < -0.39 is 36.6 Å². The molecule has 0 aliphatic carbocycles. The summed E-state index contributed by atoms with van der Waals surface area (Å²) in [5.74, 6) is 0. The predicted molar refractivity (Wildman–Crippen MR) is 392 cm³/mol. The zero-order valence-corrected chi connectivity index (χ0v) is 56.6. The summed E-state index contributed by atoms with van der Waals surface area (Å²) in [4.78, 5) is 0. The topological polar surface area (TPSA) is 36.9 Å². The third-order valence-electron chi connectivity index (χ3n) is 17.5. The SMILES string of the molecule is Clc1ccc(-c2ccc3c4cccc5c(-c6ccc(Cl)cc6Br)ccc(c6cccc2c63)c54)c(Br)c1.Clc1ccc(I)c(Br)c1.[BH4-].[CH2+]C1(C)OB(c2ccc3c4cccc5c(B6OC(C)(C)C(C)(C)O6)ccc(c6cccc2c36)c54)OC1(C)C.[CH3-]. The van der Waals surface area contributed by atoms with Crippen molar-refractivity contribution < 1.29 is 18.6 Å². The first-order valence-electron chi connectivity index (χ1n) is 27.3. The normalized spacial score (nSPS) is 17.0. The van der Waals surface area contributed by atoms with Gasteiger partial charge in [-0.05, 0) is 242 Å². The van der Waals surface area contributed by atoms with Crippen LogP contribution in [0.2, 0.25) is 15.1 Å². The van der Waals surface area contributed by atoms with E-state index in [1.807, 2.05) is 63.2 Å². The highest BCUT2D eigenvalue weighted by Gasteiger charge is 2.57. The van der Waals surface area contributed by atoms with Crippen LogP contribution in [-0.4, -0.2) is 45.1 Å². The summed E-state index contributed by atoms with van der Waals surface area (Å²) in [6, 6.07) is 61.9. The van der Waals surface area contributed by atoms with E-state index in [0.29, 0.717) is 0 Å². The lowest BCUT2D eigenvalue weighted by molar-refractivity contribution is 0.00578. The molecule has 2 aliphatic heterocycles. The molecule has 85 heavy (non-hydrogen) atoms. The minimum atomic E-state index is -0.639. The van der Waals surface area contributed by atoms with Crippen molar-refractivity contribution >= 4 is 225 Å². The second-order valence-electron chi connectivity index (χ2n) is 23.3. The highest BCUT2D eigenvalue weighted by Crippen LogP contribution is 2.48. The van der Waals surface area contributed by atoms with Gasteiger partial charge in [-0.15, -0.1) is 0 Å². The summed E-state index contributed by atoms with van der Waals surface area (Å²) >= 11 is 31.2. The molecule has 426 valence electrons. The van der Waals surface area contributed by atoms with Crippen LogP contribution in [0.15, 0.2) is 189 Å². The largest absolute Gasteiger partial charge is 0.498 e. The molecule has 13 aromatic carbocycles. The highest BCUT2D eigenvalue weighted by molar-refractivity contribution is 14.1. The van der Waals surface area contributed by atoms with Gasteiger partial charge in [-0.2, -0.15) is 0 Å². The maximum absolute atomic E-state index is 6.47. The van der Waals surface area contributed by atoms with Crippen molar-refractivity contribution in [3.8, 4) is 22.3 Å². The van der Waals surface area contributed by atoms with E-state index in [4.69, 9.17) is 53.4 Å². The first-order chi connectivity index (χ1) is 39.5. The fourth-order valence-electron chi connectivity index (χ4n) is 12.1. The van der Waals surface area contributed by atoms with Crippen molar-refractivity contribution in [3.05, 3.63) is 222 Å². The molecular formula is C71H59B3Br3Cl3IO4-.